The maximum Gasteiger partial charge on any atom is 0.260 e. The quantitative estimate of drug-likeness (QED) is 0.634. The standard InChI is InChI=1S/C23H24N4O5/c1-26-13-24-18-6-5-16(10-17(18)23(26)30)25-22(29)15-9-21(28)27(12-15)11-14-4-7-19(31-2)20(8-14)32-3/h4-8,10,13,15H,9,11-12H2,1-3H3,(H,25,29)/t15-/m1/s1. The molecule has 2 aromatic carbocycles. The summed E-state index contributed by atoms with van der Waals surface area (Å²) < 4.78 is 11.9. The van der Waals surface area contributed by atoms with Gasteiger partial charge in [-0.3, -0.25) is 14.4 Å². The summed E-state index contributed by atoms with van der Waals surface area (Å²) in [6.07, 6.45) is 1.59. The third-order valence-electron chi connectivity index (χ3n) is 5.59. The summed E-state index contributed by atoms with van der Waals surface area (Å²) in [5.41, 5.74) is 1.75. The van der Waals surface area contributed by atoms with Gasteiger partial charge in [0.1, 0.15) is 0 Å². The lowest BCUT2D eigenvalue weighted by molar-refractivity contribution is -0.128. The number of carbonyl (C=O) groups is 2. The van der Waals surface area contributed by atoms with E-state index in [9.17, 15) is 14.4 Å². The molecule has 4 rings (SSSR count). The number of fused-ring (bicyclic) bond motifs is 1. The lowest BCUT2D eigenvalue weighted by Crippen LogP contribution is -2.28. The Balaban J connectivity index is 1.45. The van der Waals surface area contributed by atoms with E-state index in [2.05, 4.69) is 10.3 Å². The van der Waals surface area contributed by atoms with Crippen LogP contribution in [0.2, 0.25) is 0 Å². The SMILES string of the molecule is COc1ccc(CN2C[C@H](C(=O)Nc3ccc4ncn(C)c(=O)c4c3)CC2=O)cc1OC. The van der Waals surface area contributed by atoms with Gasteiger partial charge in [0, 0.05) is 32.2 Å². The predicted molar refractivity (Wildman–Crippen MR) is 119 cm³/mol. The highest BCUT2D eigenvalue weighted by atomic mass is 16.5. The molecule has 9 heteroatoms. The molecule has 1 saturated heterocycles. The van der Waals surface area contributed by atoms with Crippen LogP contribution in [0.5, 0.6) is 11.5 Å². The van der Waals surface area contributed by atoms with E-state index >= 15 is 0 Å². The number of rotatable bonds is 6. The van der Waals surface area contributed by atoms with Gasteiger partial charge in [-0.2, -0.15) is 0 Å². The summed E-state index contributed by atoms with van der Waals surface area (Å²) in [5.74, 6) is 0.379. The van der Waals surface area contributed by atoms with Gasteiger partial charge in [-0.05, 0) is 35.9 Å². The van der Waals surface area contributed by atoms with Crippen molar-refractivity contribution in [3.05, 3.63) is 58.6 Å². The Morgan fingerprint density at radius 3 is 2.66 bits per heavy atom. The fourth-order valence-electron chi connectivity index (χ4n) is 3.83. The molecule has 0 bridgehead atoms. The minimum atomic E-state index is -0.477. The molecule has 1 aliphatic heterocycles. The largest absolute Gasteiger partial charge is 0.493 e. The number of hydrogen-bond acceptors (Lipinski definition) is 6. The van der Waals surface area contributed by atoms with Crippen molar-refractivity contribution in [2.75, 3.05) is 26.1 Å². The molecule has 0 aliphatic carbocycles. The van der Waals surface area contributed by atoms with Crippen molar-refractivity contribution in [2.45, 2.75) is 13.0 Å². The number of amides is 2. The maximum absolute atomic E-state index is 12.8. The lowest BCUT2D eigenvalue weighted by atomic mass is 10.1. The van der Waals surface area contributed by atoms with Gasteiger partial charge in [-0.25, -0.2) is 4.98 Å². The highest BCUT2D eigenvalue weighted by Crippen LogP contribution is 2.29. The zero-order chi connectivity index (χ0) is 22.8. The first kappa shape index (κ1) is 21.4. The van der Waals surface area contributed by atoms with E-state index in [0.29, 0.717) is 41.2 Å². The Kier molecular flexibility index (Phi) is 5.81. The fourth-order valence-corrected chi connectivity index (χ4v) is 3.83. The van der Waals surface area contributed by atoms with E-state index in [4.69, 9.17) is 9.47 Å². The number of likely N-dealkylation sites (tertiary alicyclic amines) is 1. The van der Waals surface area contributed by atoms with Crippen LogP contribution in [-0.4, -0.2) is 47.0 Å². The monoisotopic (exact) mass is 436 g/mol. The van der Waals surface area contributed by atoms with Crippen molar-refractivity contribution in [2.24, 2.45) is 13.0 Å². The van der Waals surface area contributed by atoms with Gasteiger partial charge in [0.2, 0.25) is 11.8 Å². The number of aromatic nitrogens is 2. The van der Waals surface area contributed by atoms with Gasteiger partial charge in [0.25, 0.3) is 5.56 Å². The topological polar surface area (TPSA) is 103 Å². The van der Waals surface area contributed by atoms with Gasteiger partial charge in [-0.15, -0.1) is 0 Å². The van der Waals surface area contributed by atoms with Gasteiger partial charge < -0.3 is 24.3 Å². The second-order valence-electron chi connectivity index (χ2n) is 7.75. The van der Waals surface area contributed by atoms with Crippen LogP contribution in [0.1, 0.15) is 12.0 Å². The molecule has 2 heterocycles. The van der Waals surface area contributed by atoms with Crippen LogP contribution in [0.15, 0.2) is 47.5 Å². The molecule has 1 atom stereocenters. The number of benzene rings is 2. The van der Waals surface area contributed by atoms with Crippen molar-refractivity contribution in [1.29, 1.82) is 0 Å². The molecule has 1 aliphatic rings. The number of ether oxygens (including phenoxy) is 2. The number of nitrogens with zero attached hydrogens (tertiary/aromatic N) is 3. The van der Waals surface area contributed by atoms with Crippen LogP contribution < -0.4 is 20.3 Å². The van der Waals surface area contributed by atoms with Crippen molar-refractivity contribution in [3.63, 3.8) is 0 Å². The second-order valence-corrected chi connectivity index (χ2v) is 7.75. The summed E-state index contributed by atoms with van der Waals surface area (Å²) >= 11 is 0. The van der Waals surface area contributed by atoms with Crippen molar-refractivity contribution < 1.29 is 19.1 Å². The van der Waals surface area contributed by atoms with Crippen molar-refractivity contribution in [3.8, 4) is 11.5 Å². The van der Waals surface area contributed by atoms with E-state index in [1.54, 1.807) is 50.4 Å². The van der Waals surface area contributed by atoms with Crippen LogP contribution in [-0.2, 0) is 23.2 Å². The number of methoxy groups -OCH3 is 2. The van der Waals surface area contributed by atoms with Crippen LogP contribution >= 0.6 is 0 Å². The molecular weight excluding hydrogens is 412 g/mol. The number of aryl methyl sites for hydroxylation is 1. The number of hydrogen-bond donors (Lipinski definition) is 1. The fraction of sp³-hybridized carbons (Fsp3) is 0.304. The highest BCUT2D eigenvalue weighted by molar-refractivity contribution is 5.98. The van der Waals surface area contributed by atoms with Crippen LogP contribution in [0.25, 0.3) is 10.9 Å². The average molecular weight is 436 g/mol. The molecule has 0 spiro atoms. The number of nitrogens with one attached hydrogen (secondary N) is 1. The molecule has 1 aromatic heterocycles. The summed E-state index contributed by atoms with van der Waals surface area (Å²) in [5, 5.41) is 3.25. The normalized spacial score (nSPS) is 15.8. The van der Waals surface area contributed by atoms with Gasteiger partial charge >= 0.3 is 0 Å². The molecule has 1 N–H and O–H groups in total. The summed E-state index contributed by atoms with van der Waals surface area (Å²) in [6.45, 7) is 0.691. The van der Waals surface area contributed by atoms with Crippen molar-refractivity contribution >= 4 is 28.4 Å². The van der Waals surface area contributed by atoms with Crippen LogP contribution in [0.4, 0.5) is 5.69 Å². The van der Waals surface area contributed by atoms with Crippen LogP contribution in [0, 0.1) is 5.92 Å². The average Bonchev–Trinajstić information content (AvgIpc) is 3.16. The third kappa shape index (κ3) is 4.14. The molecule has 0 unspecified atom stereocenters. The summed E-state index contributed by atoms with van der Waals surface area (Å²) in [4.78, 5) is 43.5. The minimum Gasteiger partial charge on any atom is -0.493 e. The van der Waals surface area contributed by atoms with E-state index in [-0.39, 0.29) is 23.8 Å². The molecule has 3 aromatic rings. The Morgan fingerprint density at radius 1 is 1.12 bits per heavy atom. The molecule has 32 heavy (non-hydrogen) atoms. The zero-order valence-corrected chi connectivity index (χ0v) is 18.1. The zero-order valence-electron chi connectivity index (χ0n) is 18.1. The van der Waals surface area contributed by atoms with E-state index in [0.717, 1.165) is 5.56 Å². The number of carbonyl (C=O) groups excluding carboxylic acids is 2. The first-order valence-electron chi connectivity index (χ1n) is 10.1. The maximum atomic E-state index is 12.8. The highest BCUT2D eigenvalue weighted by Gasteiger charge is 2.34. The van der Waals surface area contributed by atoms with Gasteiger partial charge in [0.15, 0.2) is 11.5 Å². The Labute approximate surface area is 184 Å². The molecule has 9 nitrogen and oxygen atoms in total. The first-order chi connectivity index (χ1) is 15.4. The summed E-state index contributed by atoms with van der Waals surface area (Å²) in [6, 6.07) is 10.5. The number of anilines is 1. The van der Waals surface area contributed by atoms with Gasteiger partial charge in [-0.1, -0.05) is 6.07 Å². The molecule has 0 saturated carbocycles. The first-order valence-corrected chi connectivity index (χ1v) is 10.1. The second kappa shape index (κ2) is 8.70. The molecular formula is C23H24N4O5. The predicted octanol–water partition coefficient (Wildman–Crippen LogP) is 1.94. The molecule has 1 fully saturated rings. The third-order valence-corrected chi connectivity index (χ3v) is 5.59. The smallest absolute Gasteiger partial charge is 0.260 e. The minimum absolute atomic E-state index is 0.0866. The molecule has 166 valence electrons. The molecule has 0 radical (unpaired) electrons. The van der Waals surface area contributed by atoms with Gasteiger partial charge in [0.05, 0.1) is 37.4 Å². The van der Waals surface area contributed by atoms with E-state index in [1.165, 1.54) is 10.9 Å². The Hall–Kier alpha value is -3.88. The molecule has 2 amide bonds. The Bertz CT molecular complexity index is 1250. The van der Waals surface area contributed by atoms with E-state index in [1.807, 2.05) is 12.1 Å². The van der Waals surface area contributed by atoms with E-state index < -0.39 is 5.92 Å². The Morgan fingerprint density at radius 2 is 1.91 bits per heavy atom. The summed E-state index contributed by atoms with van der Waals surface area (Å²) in [7, 11) is 4.74. The lowest BCUT2D eigenvalue weighted by Gasteiger charge is -2.18. The van der Waals surface area contributed by atoms with Crippen LogP contribution in [0.3, 0.4) is 0 Å². The van der Waals surface area contributed by atoms with Crippen molar-refractivity contribution in [1.82, 2.24) is 14.5 Å².